The van der Waals surface area contributed by atoms with Crippen molar-refractivity contribution < 1.29 is 32.9 Å². The molecule has 0 aliphatic carbocycles. The second kappa shape index (κ2) is 51.6. The van der Waals surface area contributed by atoms with E-state index in [2.05, 4.69) is 104 Å². The zero-order valence-electron chi connectivity index (χ0n) is 46.2. The van der Waals surface area contributed by atoms with Crippen molar-refractivity contribution in [2.45, 2.75) is 257 Å². The van der Waals surface area contributed by atoms with Gasteiger partial charge in [0.15, 0.2) is 0 Å². The molecule has 0 fully saturated rings. The van der Waals surface area contributed by atoms with Gasteiger partial charge in [0.05, 0.1) is 39.9 Å². The molecule has 3 atom stereocenters. The first-order chi connectivity index (χ1) is 34.0. The number of hydrogen-bond donors (Lipinski definition) is 2. The number of unbranched alkanes of at least 4 members (excludes halogenated alkanes) is 25. The Balaban J connectivity index is 3.89. The first kappa shape index (κ1) is 67.7. The highest BCUT2D eigenvalue weighted by atomic mass is 31.2. The van der Waals surface area contributed by atoms with Gasteiger partial charge in [-0.3, -0.25) is 9.36 Å². The quantitative estimate of drug-likeness (QED) is 0.0272. The van der Waals surface area contributed by atoms with Crippen LogP contribution in [-0.2, 0) is 18.4 Å². The average molecular weight is 1000 g/mol. The molecule has 0 saturated heterocycles. The van der Waals surface area contributed by atoms with Crippen molar-refractivity contribution >= 4 is 13.7 Å². The Morgan fingerprint density at radius 3 is 1.27 bits per heavy atom. The fraction of sp³-hybridized carbons (Fsp3) is 0.754. The van der Waals surface area contributed by atoms with Crippen LogP contribution in [0.1, 0.15) is 245 Å². The van der Waals surface area contributed by atoms with Crippen molar-refractivity contribution in [2.75, 3.05) is 40.9 Å². The van der Waals surface area contributed by atoms with Crippen molar-refractivity contribution in [3.05, 3.63) is 85.1 Å². The van der Waals surface area contributed by atoms with Crippen LogP contribution in [0.15, 0.2) is 85.1 Å². The highest BCUT2D eigenvalue weighted by molar-refractivity contribution is 7.45. The molecule has 406 valence electrons. The number of hydrogen-bond acceptors (Lipinski definition) is 6. The average Bonchev–Trinajstić information content (AvgIpc) is 3.32. The number of nitrogens with one attached hydrogen (secondary N) is 1. The summed E-state index contributed by atoms with van der Waals surface area (Å²) in [5.41, 5.74) is 0. The summed E-state index contributed by atoms with van der Waals surface area (Å²) in [4.78, 5) is 25.4. The molecule has 8 nitrogen and oxygen atoms in total. The van der Waals surface area contributed by atoms with Crippen LogP contribution in [0.2, 0.25) is 0 Å². The van der Waals surface area contributed by atoms with E-state index >= 15 is 0 Å². The summed E-state index contributed by atoms with van der Waals surface area (Å²) in [7, 11) is 1.30. The number of rotatable bonds is 52. The largest absolute Gasteiger partial charge is 0.756 e. The summed E-state index contributed by atoms with van der Waals surface area (Å²) in [5.74, 6) is -0.168. The zero-order valence-corrected chi connectivity index (χ0v) is 47.1. The molecule has 9 heteroatoms. The lowest BCUT2D eigenvalue weighted by Gasteiger charge is -2.30. The lowest BCUT2D eigenvalue weighted by molar-refractivity contribution is -0.870. The van der Waals surface area contributed by atoms with Gasteiger partial charge in [-0.05, 0) is 70.6 Å². The minimum Gasteiger partial charge on any atom is -0.756 e. The minimum absolute atomic E-state index is 0.0106. The minimum atomic E-state index is -4.56. The molecule has 0 aromatic rings. The van der Waals surface area contributed by atoms with Crippen molar-refractivity contribution in [3.8, 4) is 0 Å². The number of quaternary nitrogens is 1. The standard InChI is InChI=1S/C61H111N2O6P/c1-6-8-10-12-14-16-17-18-19-20-21-22-23-24-25-26-27-28-29-30-31-32-33-34-35-36-37-38-39-40-41-42-43-44-45-47-49-51-53-55-61(65)62-59(58-69-70(66,67)68-57-56-63(3,4)5)60(64)54-52-50-48-46-15-13-11-9-7-2/h8,10,14,16,18-19,21-22,24-25,27-28,30-31,59-60,64H,6-7,9,11-13,15,17,20,23,26,29,32-58H2,1-5H3,(H-,62,65,66,67)/b10-8-,16-14-,19-18-,22-21-,25-24-,28-27-,31-30-. The predicted molar refractivity (Wildman–Crippen MR) is 302 cm³/mol. The van der Waals surface area contributed by atoms with Gasteiger partial charge in [-0.2, -0.15) is 0 Å². The van der Waals surface area contributed by atoms with Crippen LogP contribution in [0.5, 0.6) is 0 Å². The highest BCUT2D eigenvalue weighted by Gasteiger charge is 2.24. The Bertz CT molecular complexity index is 1410. The normalized spacial score (nSPS) is 14.6. The van der Waals surface area contributed by atoms with Crippen molar-refractivity contribution in [1.82, 2.24) is 5.32 Å². The van der Waals surface area contributed by atoms with Gasteiger partial charge in [0.1, 0.15) is 13.2 Å². The second-order valence-corrected chi connectivity index (χ2v) is 22.0. The number of phosphoric ester groups is 1. The van der Waals surface area contributed by atoms with Crippen LogP contribution in [0.4, 0.5) is 0 Å². The molecule has 0 rings (SSSR count). The number of carbonyl (C=O) groups excluding carboxylic acids is 1. The first-order valence-electron chi connectivity index (χ1n) is 28.9. The SMILES string of the molecule is CC/C=C\C/C=C\C/C=C\C/C=C\C/C=C\C/C=C\C/C=C\CCCCCCCCCCCCCCCCCCCC(=O)NC(COP(=O)([O-])OCC[N+](C)(C)C)C(O)CCCCCCCCCCC. The van der Waals surface area contributed by atoms with Crippen LogP contribution in [0.25, 0.3) is 0 Å². The molecule has 0 aromatic carbocycles. The molecule has 3 unspecified atom stereocenters. The van der Waals surface area contributed by atoms with Crippen molar-refractivity contribution in [2.24, 2.45) is 0 Å². The smallest absolute Gasteiger partial charge is 0.268 e. The highest BCUT2D eigenvalue weighted by Crippen LogP contribution is 2.38. The van der Waals surface area contributed by atoms with Gasteiger partial charge in [-0.15, -0.1) is 0 Å². The monoisotopic (exact) mass is 999 g/mol. The van der Waals surface area contributed by atoms with Crippen LogP contribution in [0.3, 0.4) is 0 Å². The zero-order chi connectivity index (χ0) is 51.3. The van der Waals surface area contributed by atoms with Gasteiger partial charge in [0, 0.05) is 6.42 Å². The maximum absolute atomic E-state index is 12.9. The van der Waals surface area contributed by atoms with Gasteiger partial charge in [0.2, 0.25) is 5.91 Å². The molecule has 0 aliphatic heterocycles. The van der Waals surface area contributed by atoms with E-state index in [9.17, 15) is 19.4 Å². The van der Waals surface area contributed by atoms with E-state index in [-0.39, 0.29) is 19.1 Å². The Morgan fingerprint density at radius 1 is 0.514 bits per heavy atom. The molecular weight excluding hydrogens is 888 g/mol. The van der Waals surface area contributed by atoms with Gasteiger partial charge in [-0.1, -0.05) is 253 Å². The van der Waals surface area contributed by atoms with E-state index in [1.54, 1.807) is 0 Å². The van der Waals surface area contributed by atoms with Crippen LogP contribution < -0.4 is 10.2 Å². The molecule has 0 aromatic heterocycles. The number of carbonyl (C=O) groups is 1. The Morgan fingerprint density at radius 2 is 0.871 bits per heavy atom. The van der Waals surface area contributed by atoms with Gasteiger partial charge in [-0.25, -0.2) is 0 Å². The van der Waals surface area contributed by atoms with Crippen LogP contribution in [0, 0.1) is 0 Å². The molecule has 0 radical (unpaired) electrons. The Hall–Kier alpha value is -2.32. The summed E-state index contributed by atoms with van der Waals surface area (Å²) in [6, 6.07) is -0.800. The number of phosphoric acid groups is 1. The second-order valence-electron chi connectivity index (χ2n) is 20.6. The number of amides is 1. The molecule has 2 N–H and O–H groups in total. The molecule has 0 heterocycles. The van der Waals surface area contributed by atoms with Gasteiger partial charge in [0.25, 0.3) is 7.82 Å². The summed E-state index contributed by atoms with van der Waals surface area (Å²) in [6.45, 7) is 4.58. The van der Waals surface area contributed by atoms with E-state index < -0.39 is 20.0 Å². The predicted octanol–water partition coefficient (Wildman–Crippen LogP) is 17.0. The third-order valence-corrected chi connectivity index (χ3v) is 13.6. The number of aliphatic hydroxyl groups is 1. The Labute approximate surface area is 433 Å². The number of likely N-dealkylation sites (N-methyl/N-ethyl adjacent to an activating group) is 1. The third-order valence-electron chi connectivity index (χ3n) is 12.6. The van der Waals surface area contributed by atoms with Gasteiger partial charge >= 0.3 is 0 Å². The molecular formula is C61H111N2O6P. The summed E-state index contributed by atoms with van der Waals surface area (Å²) < 4.78 is 23.3. The van der Waals surface area contributed by atoms with E-state index in [1.807, 2.05) is 21.1 Å². The van der Waals surface area contributed by atoms with Crippen LogP contribution in [-0.4, -0.2) is 68.5 Å². The lowest BCUT2D eigenvalue weighted by Crippen LogP contribution is -2.46. The molecule has 1 amide bonds. The summed E-state index contributed by atoms with van der Waals surface area (Å²) in [5, 5.41) is 13.9. The van der Waals surface area contributed by atoms with E-state index in [1.165, 1.54) is 135 Å². The summed E-state index contributed by atoms with van der Waals surface area (Å²) >= 11 is 0. The maximum Gasteiger partial charge on any atom is 0.268 e. The van der Waals surface area contributed by atoms with Crippen LogP contribution >= 0.6 is 7.82 Å². The topological polar surface area (TPSA) is 108 Å². The first-order valence-corrected chi connectivity index (χ1v) is 30.4. The molecule has 0 bridgehead atoms. The number of allylic oxidation sites excluding steroid dienone is 14. The van der Waals surface area contributed by atoms with E-state index in [0.717, 1.165) is 83.5 Å². The number of aliphatic hydroxyl groups excluding tert-OH is 1. The summed E-state index contributed by atoms with van der Waals surface area (Å²) in [6.07, 6.45) is 72.2. The fourth-order valence-corrected chi connectivity index (χ4v) is 8.86. The van der Waals surface area contributed by atoms with Crippen molar-refractivity contribution in [1.29, 1.82) is 0 Å². The molecule has 0 aliphatic rings. The molecule has 0 saturated carbocycles. The van der Waals surface area contributed by atoms with E-state index in [4.69, 9.17) is 9.05 Å². The molecule has 0 spiro atoms. The van der Waals surface area contributed by atoms with E-state index in [0.29, 0.717) is 23.9 Å². The molecule has 70 heavy (non-hydrogen) atoms. The van der Waals surface area contributed by atoms with Gasteiger partial charge < -0.3 is 28.8 Å². The van der Waals surface area contributed by atoms with Crippen molar-refractivity contribution in [3.63, 3.8) is 0 Å². The Kier molecular flexibility index (Phi) is 49.9. The fourth-order valence-electron chi connectivity index (χ4n) is 8.14. The third kappa shape index (κ3) is 53.5. The lowest BCUT2D eigenvalue weighted by atomic mass is 10.0. The number of nitrogens with zero attached hydrogens (tertiary/aromatic N) is 1. The maximum atomic E-state index is 12.9.